The van der Waals surface area contributed by atoms with Crippen LogP contribution in [0.4, 0.5) is 13.2 Å². The number of hydrogen-bond acceptors (Lipinski definition) is 7. The van der Waals surface area contributed by atoms with Crippen molar-refractivity contribution >= 4 is 39.2 Å². The van der Waals surface area contributed by atoms with Gasteiger partial charge in [0.25, 0.3) is 0 Å². The van der Waals surface area contributed by atoms with E-state index >= 15 is 0 Å². The summed E-state index contributed by atoms with van der Waals surface area (Å²) in [6.07, 6.45) is 0.477. The molecule has 0 aliphatic heterocycles. The average Bonchev–Trinajstić information content (AvgIpc) is 2.89. The van der Waals surface area contributed by atoms with Gasteiger partial charge in [-0.25, -0.2) is 9.98 Å². The van der Waals surface area contributed by atoms with Crippen molar-refractivity contribution < 1.29 is 26.1 Å². The van der Waals surface area contributed by atoms with E-state index in [0.717, 1.165) is 5.69 Å². The van der Waals surface area contributed by atoms with Crippen LogP contribution in [0.1, 0.15) is 17.5 Å². The van der Waals surface area contributed by atoms with E-state index in [1.54, 1.807) is 5.51 Å². The van der Waals surface area contributed by atoms with Gasteiger partial charge in [0.1, 0.15) is 5.37 Å². The molecule has 0 spiro atoms. The Hall–Kier alpha value is -1.56. The molecule has 1 aromatic heterocycles. The topological polar surface area (TPSA) is 155 Å². The van der Waals surface area contributed by atoms with E-state index in [9.17, 15) is 13.2 Å². The van der Waals surface area contributed by atoms with E-state index in [-0.39, 0.29) is 11.3 Å². The molecule has 0 radical (unpaired) electrons. The lowest BCUT2D eigenvalue weighted by molar-refractivity contribution is -0.0510. The second-order valence-electron chi connectivity index (χ2n) is 3.52. The van der Waals surface area contributed by atoms with E-state index < -0.39 is 15.6 Å². The molecule has 1 unspecified atom stereocenters. The Morgan fingerprint density at radius 2 is 2.13 bits per heavy atom. The van der Waals surface area contributed by atoms with E-state index in [0.29, 0.717) is 12.2 Å². The van der Waals surface area contributed by atoms with Crippen molar-refractivity contribution in [1.82, 2.24) is 4.98 Å². The second kappa shape index (κ2) is 9.55. The van der Waals surface area contributed by atoms with Gasteiger partial charge in [-0.3, -0.25) is 4.55 Å². The van der Waals surface area contributed by atoms with E-state index in [1.807, 2.05) is 5.38 Å². The average molecular weight is 391 g/mol. The van der Waals surface area contributed by atoms with Gasteiger partial charge in [0.05, 0.1) is 17.3 Å². The van der Waals surface area contributed by atoms with Gasteiger partial charge in [-0.05, 0) is 0 Å². The van der Waals surface area contributed by atoms with Crippen molar-refractivity contribution in [3.63, 3.8) is 0 Å². The molecule has 130 valence electrons. The summed E-state index contributed by atoms with van der Waals surface area (Å²) in [7, 11) is -5.84. The van der Waals surface area contributed by atoms with E-state index in [1.165, 1.54) is 23.1 Å². The maximum atomic E-state index is 10.7. The molecule has 1 atom stereocenters. The van der Waals surface area contributed by atoms with Gasteiger partial charge in [0, 0.05) is 17.6 Å². The summed E-state index contributed by atoms with van der Waals surface area (Å²) in [6, 6.07) is 2.07. The van der Waals surface area contributed by atoms with Gasteiger partial charge in [0.15, 0.2) is 5.96 Å². The van der Waals surface area contributed by atoms with Gasteiger partial charge in [-0.15, -0.1) is 23.1 Å². The van der Waals surface area contributed by atoms with Crippen molar-refractivity contribution in [2.24, 2.45) is 16.5 Å². The summed E-state index contributed by atoms with van der Waals surface area (Å²) >= 11 is 3.00. The first kappa shape index (κ1) is 21.4. The normalized spacial score (nSPS) is 12.5. The molecule has 0 saturated heterocycles. The minimum absolute atomic E-state index is 0.0393. The summed E-state index contributed by atoms with van der Waals surface area (Å²) in [5, 5.41) is 10.1. The molecule has 0 saturated carbocycles. The summed E-state index contributed by atoms with van der Waals surface area (Å²) in [5.41, 5.74) is 7.68. The van der Waals surface area contributed by atoms with E-state index in [2.05, 4.69) is 16.0 Å². The van der Waals surface area contributed by atoms with Gasteiger partial charge >= 0.3 is 15.6 Å². The first-order valence-electron chi connectivity index (χ1n) is 5.48. The fourth-order valence-corrected chi connectivity index (χ4v) is 2.47. The number of hydrogen-bond donors (Lipinski definition) is 3. The predicted octanol–water partition coefficient (Wildman–Crippen LogP) is 1.46. The number of nitriles is 1. The Balaban J connectivity index is 0.000000515. The zero-order valence-corrected chi connectivity index (χ0v) is 13.7. The zero-order valence-electron chi connectivity index (χ0n) is 11.3. The van der Waals surface area contributed by atoms with Crippen LogP contribution >= 0.6 is 23.1 Å². The highest BCUT2D eigenvalue weighted by Crippen LogP contribution is 2.30. The second-order valence-corrected chi connectivity index (χ2v) is 6.84. The monoisotopic (exact) mass is 391 g/mol. The lowest BCUT2D eigenvalue weighted by Gasteiger charge is -2.08. The standard InChI is InChI=1S/C8H11N5S2.CHF3O3S/c9-2-1-3-15-7(13-8(10)11)6-4-14-5-12-6;2-1(3,4)8(5,6)7/h4-5,7H,1,3H2,(H4,10,11,13);(H,5,6,7). The van der Waals surface area contributed by atoms with Gasteiger partial charge in [0.2, 0.25) is 0 Å². The third-order valence-electron chi connectivity index (χ3n) is 1.75. The number of nitrogens with zero attached hydrogens (tertiary/aromatic N) is 3. The lowest BCUT2D eigenvalue weighted by atomic mass is 10.5. The number of aromatic nitrogens is 1. The number of thiazole rings is 1. The molecule has 23 heavy (non-hydrogen) atoms. The molecule has 1 aromatic rings. The van der Waals surface area contributed by atoms with Crippen molar-refractivity contribution in [3.05, 3.63) is 16.6 Å². The third kappa shape index (κ3) is 9.23. The van der Waals surface area contributed by atoms with Crippen LogP contribution in [0.15, 0.2) is 15.9 Å². The molecule has 0 amide bonds. The van der Waals surface area contributed by atoms with E-state index in [4.69, 9.17) is 29.7 Å². The number of thioether (sulfide) groups is 1. The number of guanidine groups is 1. The molecule has 0 fully saturated rings. The summed E-state index contributed by atoms with van der Waals surface area (Å²) < 4.78 is 57.5. The first-order valence-corrected chi connectivity index (χ1v) is 8.91. The maximum Gasteiger partial charge on any atom is 0.522 e. The van der Waals surface area contributed by atoms with Crippen molar-refractivity contribution in [2.75, 3.05) is 5.75 Å². The Morgan fingerprint density at radius 1 is 1.57 bits per heavy atom. The number of rotatable bonds is 5. The molecule has 5 N–H and O–H groups in total. The van der Waals surface area contributed by atoms with Crippen LogP contribution in [0.3, 0.4) is 0 Å². The maximum absolute atomic E-state index is 10.7. The molecule has 1 heterocycles. The van der Waals surface area contributed by atoms with Crippen LogP contribution in [0.2, 0.25) is 0 Å². The molecule has 1 rings (SSSR count). The highest BCUT2D eigenvalue weighted by Gasteiger charge is 2.44. The van der Waals surface area contributed by atoms with Gasteiger partial charge in [-0.1, -0.05) is 0 Å². The molecular weight excluding hydrogens is 379 g/mol. The summed E-state index contributed by atoms with van der Waals surface area (Å²) in [6.45, 7) is 0. The zero-order chi connectivity index (χ0) is 18.1. The molecular formula is C9H12F3N5O3S3. The number of aliphatic imine (C=N–C) groups is 1. The van der Waals surface area contributed by atoms with Crippen LogP contribution in [0.25, 0.3) is 0 Å². The number of alkyl halides is 3. The molecule has 0 aliphatic carbocycles. The van der Waals surface area contributed by atoms with Crippen LogP contribution in [-0.4, -0.2) is 35.2 Å². The van der Waals surface area contributed by atoms with Gasteiger partial charge in [-0.2, -0.15) is 26.9 Å². The van der Waals surface area contributed by atoms with Crippen molar-refractivity contribution in [2.45, 2.75) is 17.3 Å². The lowest BCUT2D eigenvalue weighted by Crippen LogP contribution is -2.23. The Kier molecular flexibility index (Phi) is 8.90. The summed E-state index contributed by atoms with van der Waals surface area (Å²) in [5.74, 6) is 0.729. The summed E-state index contributed by atoms with van der Waals surface area (Å²) in [4.78, 5) is 8.21. The largest absolute Gasteiger partial charge is 0.522 e. The van der Waals surface area contributed by atoms with Crippen molar-refractivity contribution in [1.29, 1.82) is 5.26 Å². The Bertz CT molecular complexity index is 636. The molecule has 0 aliphatic rings. The molecule has 8 nitrogen and oxygen atoms in total. The first-order chi connectivity index (χ1) is 10.5. The number of halogens is 3. The highest BCUT2D eigenvalue weighted by molar-refractivity contribution is 7.99. The molecule has 14 heteroatoms. The predicted molar refractivity (Wildman–Crippen MR) is 81.0 cm³/mol. The van der Waals surface area contributed by atoms with Crippen LogP contribution in [0, 0.1) is 11.3 Å². The smallest absolute Gasteiger partial charge is 0.370 e. The minimum atomic E-state index is -5.84. The van der Waals surface area contributed by atoms with Gasteiger partial charge < -0.3 is 11.5 Å². The molecule has 0 bridgehead atoms. The fourth-order valence-electron chi connectivity index (χ4n) is 0.884. The fraction of sp³-hybridized carbons (Fsp3) is 0.444. The van der Waals surface area contributed by atoms with Crippen LogP contribution in [-0.2, 0) is 10.1 Å². The SMILES string of the molecule is N#CCCSC(N=C(N)N)c1cscn1.O=S(=O)(O)C(F)(F)F. The van der Waals surface area contributed by atoms with Crippen LogP contribution in [0.5, 0.6) is 0 Å². The third-order valence-corrected chi connectivity index (χ3v) is 4.04. The molecule has 0 aromatic carbocycles. The minimum Gasteiger partial charge on any atom is -0.370 e. The Morgan fingerprint density at radius 3 is 2.48 bits per heavy atom. The van der Waals surface area contributed by atoms with Crippen molar-refractivity contribution in [3.8, 4) is 6.07 Å². The quantitative estimate of drug-likeness (QED) is 0.224. The number of nitrogens with two attached hydrogens (primary N) is 2. The van der Waals surface area contributed by atoms with Crippen LogP contribution < -0.4 is 11.5 Å². The Labute approximate surface area is 138 Å². The highest BCUT2D eigenvalue weighted by atomic mass is 32.2.